The molecule has 34 nitrogen and oxygen atoms in total. The largest absolute Gasteiger partial charge is 0.486 e. The first-order chi connectivity index (χ1) is 37.6. The van der Waals surface area contributed by atoms with Crippen molar-refractivity contribution >= 4 is 35.1 Å². The fourth-order valence-corrected chi connectivity index (χ4v) is 4.58. The molecule has 0 aromatic heterocycles. The number of nitrogens with zero attached hydrogens (tertiary/aromatic N) is 6. The van der Waals surface area contributed by atoms with Gasteiger partial charge in [0.05, 0.1) is 26.4 Å². The maximum absolute atomic E-state index is 10.9. The van der Waals surface area contributed by atoms with Crippen LogP contribution >= 0.6 is 0 Å². The summed E-state index contributed by atoms with van der Waals surface area (Å²) < 4.78 is 19.4. The van der Waals surface area contributed by atoms with Gasteiger partial charge in [0.2, 0.25) is 0 Å². The van der Waals surface area contributed by atoms with E-state index in [9.17, 15) is 89.5 Å². The molecule has 0 unspecified atom stereocenters. The topological polar surface area (TPSA) is 454 Å². The lowest BCUT2D eigenvalue weighted by Gasteiger charge is -2.04. The Morgan fingerprint density at radius 2 is 0.738 bits per heavy atom. The van der Waals surface area contributed by atoms with Crippen molar-refractivity contribution in [2.75, 3.05) is 46.2 Å². The maximum atomic E-state index is 10.9. The summed E-state index contributed by atoms with van der Waals surface area (Å²) in [4.78, 5) is 146. The van der Waals surface area contributed by atoms with Crippen LogP contribution < -0.4 is 9.47 Å². The number of carbonyl (C=O) groups excluding carboxylic acids is 6. The molecule has 3 rings (SSSR count). The minimum Gasteiger partial charge on any atom is -0.486 e. The van der Waals surface area contributed by atoms with Crippen molar-refractivity contribution in [1.82, 2.24) is 0 Å². The third-order valence-electron chi connectivity index (χ3n) is 8.02. The number of unbranched alkanes of at least 4 members (excludes halogenated alkanes) is 2. The number of ketones is 4. The first-order valence-corrected chi connectivity index (χ1v) is 23.0. The number of hydrogen-bond acceptors (Lipinski definition) is 28. The fraction of sp³-hybridized carbons (Fsp3) is 0.478. The Bertz CT molecular complexity index is 2260. The van der Waals surface area contributed by atoms with E-state index in [4.69, 9.17) is 14.2 Å². The first kappa shape index (κ1) is 74.5. The van der Waals surface area contributed by atoms with Crippen molar-refractivity contribution in [2.24, 2.45) is 0 Å². The smallest absolute Gasteiger partial charge is 0.308 e. The molecule has 0 aliphatic heterocycles. The molecule has 0 saturated heterocycles. The van der Waals surface area contributed by atoms with Gasteiger partial charge in [0.25, 0.3) is 30.5 Å². The van der Waals surface area contributed by atoms with Crippen LogP contribution in [0, 0.1) is 60.7 Å². The van der Waals surface area contributed by atoms with Crippen molar-refractivity contribution in [1.29, 1.82) is 0 Å². The summed E-state index contributed by atoms with van der Waals surface area (Å²) in [6.07, 6.45) is 3.05. The standard InChI is InChI=1S/C10H11NO5.C9H9NO5.C9H9NO4.C7H13NO5.C6H11NO5.C5H9NO4/c1-8(12)6-15-10-4-2-9(3-5-10)7-16-11(13)14;1-7(11)15-9-4-2-8(3-5-9)6-14-10(12)13;1-7(11)9-4-2-8(3-5-9)6-14-10(12)13;1-7(9)6-12-4-2-3-5-13-8(10)11;1-6(8)11-4-2-3-5-12-7(9)10;1-5(7)3-2-4-10-6(8)9/h2-5H,6-7H2,1H3;2-5H,6H2,1H3;2-5H,6H2,1H3;2-6H2,1H3;2-5H2,1H3;2-4H2,1H3. The van der Waals surface area contributed by atoms with Crippen molar-refractivity contribution in [3.8, 4) is 11.5 Å². The molecular weight excluding hydrogens is 1080 g/mol. The van der Waals surface area contributed by atoms with E-state index in [2.05, 4.69) is 33.8 Å². The van der Waals surface area contributed by atoms with Crippen LogP contribution in [0.15, 0.2) is 72.8 Å². The van der Waals surface area contributed by atoms with Crippen LogP contribution in [0.4, 0.5) is 0 Å². The molecule has 0 N–H and O–H groups in total. The molecule has 0 aliphatic carbocycles. The second kappa shape index (κ2) is 47.7. The highest BCUT2D eigenvalue weighted by Gasteiger charge is 2.04. The van der Waals surface area contributed by atoms with Gasteiger partial charge < -0.3 is 52.8 Å². The third-order valence-corrected chi connectivity index (χ3v) is 8.02. The predicted octanol–water partition coefficient (Wildman–Crippen LogP) is 5.96. The van der Waals surface area contributed by atoms with E-state index >= 15 is 0 Å². The molecule has 3 aromatic rings. The van der Waals surface area contributed by atoms with Crippen LogP contribution in [0.3, 0.4) is 0 Å². The van der Waals surface area contributed by atoms with E-state index in [1.54, 1.807) is 72.8 Å². The number of hydrogen-bond donors (Lipinski definition) is 0. The van der Waals surface area contributed by atoms with Crippen LogP contribution in [0.1, 0.15) is 107 Å². The highest BCUT2D eigenvalue weighted by Crippen LogP contribution is 2.14. The van der Waals surface area contributed by atoms with E-state index in [0.717, 1.165) is 0 Å². The quantitative estimate of drug-likeness (QED) is 0.0169. The molecule has 34 heteroatoms. The van der Waals surface area contributed by atoms with E-state index in [-0.39, 0.29) is 88.6 Å². The molecule has 0 amide bonds. The van der Waals surface area contributed by atoms with Gasteiger partial charge in [0, 0.05) is 32.4 Å². The average Bonchev–Trinajstić information content (AvgIpc) is 3.37. The minimum atomic E-state index is -0.861. The van der Waals surface area contributed by atoms with E-state index < -0.39 is 36.5 Å². The van der Waals surface area contributed by atoms with E-state index in [1.807, 2.05) is 0 Å². The van der Waals surface area contributed by atoms with Crippen molar-refractivity contribution in [3.63, 3.8) is 0 Å². The predicted molar refractivity (Wildman–Crippen MR) is 268 cm³/mol. The molecule has 3 aromatic carbocycles. The minimum absolute atomic E-state index is 0.00653. The van der Waals surface area contributed by atoms with Crippen LogP contribution in [-0.2, 0) is 82.3 Å². The van der Waals surface area contributed by atoms with Crippen molar-refractivity contribution in [3.05, 3.63) is 156 Å². The molecule has 80 heavy (non-hydrogen) atoms. The lowest BCUT2D eigenvalue weighted by Crippen LogP contribution is -2.07. The highest BCUT2D eigenvalue weighted by molar-refractivity contribution is 5.94. The van der Waals surface area contributed by atoms with Gasteiger partial charge in [-0.25, -0.2) is 0 Å². The van der Waals surface area contributed by atoms with Crippen LogP contribution in [0.25, 0.3) is 0 Å². The van der Waals surface area contributed by atoms with Crippen LogP contribution in [0.5, 0.6) is 11.5 Å². The molecule has 0 radical (unpaired) electrons. The van der Waals surface area contributed by atoms with Crippen molar-refractivity contribution < 1.29 is 107 Å². The number of carbonyl (C=O) groups is 6. The summed E-state index contributed by atoms with van der Waals surface area (Å²) >= 11 is 0. The summed E-state index contributed by atoms with van der Waals surface area (Å²) in [6, 6.07) is 19.3. The van der Waals surface area contributed by atoms with Gasteiger partial charge in [-0.3, -0.25) is 24.0 Å². The monoisotopic (exact) mass is 1150 g/mol. The Labute approximate surface area is 455 Å². The molecular formula is C46H62N6O28. The van der Waals surface area contributed by atoms with Crippen LogP contribution in [0.2, 0.25) is 0 Å². The summed E-state index contributed by atoms with van der Waals surface area (Å²) in [5, 5.41) is 53.5. The van der Waals surface area contributed by atoms with E-state index in [1.165, 1.54) is 41.5 Å². The zero-order valence-electron chi connectivity index (χ0n) is 44.4. The Kier molecular flexibility index (Phi) is 44.4. The zero-order valence-corrected chi connectivity index (χ0v) is 44.4. The summed E-state index contributed by atoms with van der Waals surface area (Å²) in [5.74, 6) is 0.0721. The molecule has 444 valence electrons. The van der Waals surface area contributed by atoms with Gasteiger partial charge in [-0.1, -0.05) is 48.5 Å². The molecule has 0 saturated carbocycles. The Balaban J connectivity index is -0.000000895. The van der Waals surface area contributed by atoms with Gasteiger partial charge in [-0.05, 0) is 101 Å². The molecule has 0 heterocycles. The Morgan fingerprint density at radius 3 is 1.07 bits per heavy atom. The van der Waals surface area contributed by atoms with Gasteiger partial charge in [-0.15, -0.1) is 60.7 Å². The summed E-state index contributed by atoms with van der Waals surface area (Å²) in [5.41, 5.74) is 2.52. The summed E-state index contributed by atoms with van der Waals surface area (Å²) in [6.45, 7) is 9.05. The number of ether oxygens (including phenoxy) is 4. The van der Waals surface area contributed by atoms with Gasteiger partial charge in [0.1, 0.15) is 50.3 Å². The number of esters is 2. The van der Waals surface area contributed by atoms with Crippen molar-refractivity contribution in [2.45, 2.75) is 99.9 Å². The molecule has 0 atom stereocenters. The second-order valence-electron chi connectivity index (χ2n) is 15.1. The normalized spacial score (nSPS) is 9.38. The molecule has 0 aliphatic rings. The number of Topliss-reactive ketones (excluding diaryl/α,β-unsaturated/α-hetero) is 4. The number of benzene rings is 3. The van der Waals surface area contributed by atoms with Gasteiger partial charge in [-0.2, -0.15) is 0 Å². The SMILES string of the molecule is CC(=O)CCCO[N+](=O)[O-].CC(=O)COCCCCO[N+](=O)[O-].CC(=O)COc1ccc(CO[N+](=O)[O-])cc1.CC(=O)OCCCCO[N+](=O)[O-].CC(=O)Oc1ccc(CO[N+](=O)[O-])cc1.CC(=O)c1ccc(CO[N+](=O)[O-])cc1. The van der Waals surface area contributed by atoms with Crippen LogP contribution in [-0.4, -0.2) is 112 Å². The maximum Gasteiger partial charge on any atom is 0.308 e. The summed E-state index contributed by atoms with van der Waals surface area (Å²) in [7, 11) is 0. The lowest BCUT2D eigenvalue weighted by molar-refractivity contribution is -0.763. The van der Waals surface area contributed by atoms with Gasteiger partial charge in [0.15, 0.2) is 17.3 Å². The zero-order chi connectivity index (χ0) is 61.3. The third kappa shape index (κ3) is 56.0. The first-order valence-electron chi connectivity index (χ1n) is 23.0. The molecule has 0 bridgehead atoms. The lowest BCUT2D eigenvalue weighted by atomic mass is 10.1. The Morgan fingerprint density at radius 1 is 0.388 bits per heavy atom. The highest BCUT2D eigenvalue weighted by atomic mass is 17.0. The fourth-order valence-electron chi connectivity index (χ4n) is 4.58. The molecule has 0 fully saturated rings. The average molecular weight is 1150 g/mol. The van der Waals surface area contributed by atoms with Gasteiger partial charge >= 0.3 is 11.9 Å². The molecule has 0 spiro atoms. The number of rotatable bonds is 33. The van der Waals surface area contributed by atoms with E-state index in [0.29, 0.717) is 78.9 Å². The Hall–Kier alpha value is -9.76. The second-order valence-corrected chi connectivity index (χ2v) is 15.1.